The first-order chi connectivity index (χ1) is 12.8. The zero-order valence-corrected chi connectivity index (χ0v) is 15.0. The van der Waals surface area contributed by atoms with Crippen LogP contribution in [0.15, 0.2) is 48.5 Å². The van der Waals surface area contributed by atoms with Crippen LogP contribution in [-0.4, -0.2) is 32.2 Å². The Morgan fingerprint density at radius 2 is 1.92 bits per heavy atom. The Morgan fingerprint density at radius 1 is 1.08 bits per heavy atom. The van der Waals surface area contributed by atoms with Gasteiger partial charge in [-0.1, -0.05) is 48.9 Å². The fourth-order valence-electron chi connectivity index (χ4n) is 3.07. The summed E-state index contributed by atoms with van der Waals surface area (Å²) >= 11 is 6.29. The topological polar surface area (TPSA) is 79.4 Å². The molecule has 2 N–H and O–H groups in total. The third-order valence-electron chi connectivity index (χ3n) is 4.20. The minimum Gasteiger partial charge on any atom is -0.311 e. The molecule has 7 heteroatoms. The van der Waals surface area contributed by atoms with Crippen LogP contribution < -0.4 is 5.32 Å². The van der Waals surface area contributed by atoms with Crippen molar-refractivity contribution in [2.24, 2.45) is 0 Å². The van der Waals surface area contributed by atoms with E-state index in [1.54, 1.807) is 0 Å². The van der Waals surface area contributed by atoms with Gasteiger partial charge in [-0.15, -0.1) is 10.2 Å². The highest BCUT2D eigenvalue weighted by Gasteiger charge is 2.21. The maximum absolute atomic E-state index is 6.29. The van der Waals surface area contributed by atoms with Crippen LogP contribution in [-0.2, 0) is 6.54 Å². The lowest BCUT2D eigenvalue weighted by atomic mass is 9.93. The molecule has 0 spiro atoms. The number of tetrazole rings is 1. The monoisotopic (exact) mass is 364 g/mol. The highest BCUT2D eigenvalue weighted by atomic mass is 35.5. The van der Waals surface area contributed by atoms with Crippen molar-refractivity contribution in [3.05, 3.63) is 59.2 Å². The lowest BCUT2D eigenvalue weighted by Crippen LogP contribution is -2.15. The van der Waals surface area contributed by atoms with Gasteiger partial charge in [0, 0.05) is 22.5 Å². The van der Waals surface area contributed by atoms with Crippen molar-refractivity contribution in [1.82, 2.24) is 30.9 Å². The molecule has 130 valence electrons. The highest BCUT2D eigenvalue weighted by molar-refractivity contribution is 6.31. The standard InChI is InChI=1S/C19H17ClN6/c1-2-21-11-16-18(19-23-25-26-24-19)17(12-6-4-3-5-7-12)14-10-13(20)8-9-15(14)22-16/h3-10,21H,2,11H2,1H3,(H,23,24,25,26). The average molecular weight is 365 g/mol. The van der Waals surface area contributed by atoms with Crippen LogP contribution in [0.4, 0.5) is 0 Å². The quantitative estimate of drug-likeness (QED) is 0.562. The van der Waals surface area contributed by atoms with Gasteiger partial charge >= 0.3 is 0 Å². The molecule has 6 nitrogen and oxygen atoms in total. The molecule has 0 unspecified atom stereocenters. The Balaban J connectivity index is 2.11. The van der Waals surface area contributed by atoms with Crippen LogP contribution in [0.2, 0.25) is 5.02 Å². The van der Waals surface area contributed by atoms with Crippen LogP contribution in [0.5, 0.6) is 0 Å². The minimum atomic E-state index is 0.520. The van der Waals surface area contributed by atoms with Crippen molar-refractivity contribution < 1.29 is 0 Å². The van der Waals surface area contributed by atoms with E-state index in [1.165, 1.54) is 0 Å². The van der Waals surface area contributed by atoms with Gasteiger partial charge in [0.1, 0.15) is 0 Å². The van der Waals surface area contributed by atoms with E-state index < -0.39 is 0 Å². The molecular weight excluding hydrogens is 348 g/mol. The summed E-state index contributed by atoms with van der Waals surface area (Å²) in [5.41, 5.74) is 4.68. The van der Waals surface area contributed by atoms with Gasteiger partial charge in [0.2, 0.25) is 5.82 Å². The van der Waals surface area contributed by atoms with Crippen LogP contribution in [0.1, 0.15) is 12.6 Å². The second-order valence-corrected chi connectivity index (χ2v) is 6.29. The second kappa shape index (κ2) is 7.19. The first-order valence-corrected chi connectivity index (χ1v) is 8.78. The van der Waals surface area contributed by atoms with Gasteiger partial charge in [-0.25, -0.2) is 0 Å². The number of H-pyrrole nitrogens is 1. The van der Waals surface area contributed by atoms with Crippen molar-refractivity contribution in [3.63, 3.8) is 0 Å². The Kier molecular flexibility index (Phi) is 4.60. The first-order valence-electron chi connectivity index (χ1n) is 8.40. The average Bonchev–Trinajstić information content (AvgIpc) is 3.20. The Bertz CT molecular complexity index is 1030. The summed E-state index contributed by atoms with van der Waals surface area (Å²) in [7, 11) is 0. The lowest BCUT2D eigenvalue weighted by Gasteiger charge is -2.16. The highest BCUT2D eigenvalue weighted by Crippen LogP contribution is 2.38. The molecule has 0 aliphatic rings. The molecule has 2 heterocycles. The number of rotatable bonds is 5. The van der Waals surface area contributed by atoms with Gasteiger partial charge in [0.25, 0.3) is 0 Å². The van der Waals surface area contributed by atoms with E-state index in [2.05, 4.69) is 45.0 Å². The van der Waals surface area contributed by atoms with Gasteiger partial charge < -0.3 is 5.32 Å². The molecule has 0 amide bonds. The van der Waals surface area contributed by atoms with Crippen LogP contribution in [0.3, 0.4) is 0 Å². The molecule has 4 aromatic rings. The first kappa shape index (κ1) is 16.6. The van der Waals surface area contributed by atoms with Crippen molar-refractivity contribution >= 4 is 22.5 Å². The van der Waals surface area contributed by atoms with E-state index >= 15 is 0 Å². The third-order valence-corrected chi connectivity index (χ3v) is 4.43. The normalized spacial score (nSPS) is 11.2. The van der Waals surface area contributed by atoms with E-state index in [9.17, 15) is 0 Å². The lowest BCUT2D eigenvalue weighted by molar-refractivity contribution is 0.714. The molecule has 26 heavy (non-hydrogen) atoms. The molecule has 0 saturated heterocycles. The Morgan fingerprint density at radius 3 is 2.65 bits per heavy atom. The molecule has 0 aliphatic carbocycles. The van der Waals surface area contributed by atoms with Gasteiger partial charge in [-0.2, -0.15) is 5.21 Å². The fraction of sp³-hybridized carbons (Fsp3) is 0.158. The Hall–Kier alpha value is -2.83. The summed E-state index contributed by atoms with van der Waals surface area (Å²) in [5, 5.41) is 19.7. The number of fused-ring (bicyclic) bond motifs is 1. The fourth-order valence-corrected chi connectivity index (χ4v) is 3.24. The van der Waals surface area contributed by atoms with Crippen LogP contribution in [0, 0.1) is 0 Å². The van der Waals surface area contributed by atoms with E-state index in [0.717, 1.165) is 39.8 Å². The summed E-state index contributed by atoms with van der Waals surface area (Å²) in [6, 6.07) is 15.9. The number of aromatic amines is 1. The SMILES string of the molecule is CCNCc1nc2ccc(Cl)cc2c(-c2ccccc2)c1-c1nn[nH]n1. The van der Waals surface area contributed by atoms with Crippen molar-refractivity contribution in [2.75, 3.05) is 6.54 Å². The maximum Gasteiger partial charge on any atom is 0.207 e. The number of pyridine rings is 1. The molecule has 4 rings (SSSR count). The predicted octanol–water partition coefficient (Wildman–Crippen LogP) is 3.84. The summed E-state index contributed by atoms with van der Waals surface area (Å²) in [6.45, 7) is 3.51. The smallest absolute Gasteiger partial charge is 0.207 e. The molecule has 2 aromatic heterocycles. The van der Waals surface area contributed by atoms with Gasteiger partial charge in [-0.3, -0.25) is 4.98 Å². The van der Waals surface area contributed by atoms with E-state index in [1.807, 2.05) is 36.4 Å². The molecule has 2 aromatic carbocycles. The number of hydrogen-bond acceptors (Lipinski definition) is 5. The van der Waals surface area contributed by atoms with E-state index in [4.69, 9.17) is 16.6 Å². The summed E-state index contributed by atoms with van der Waals surface area (Å²) < 4.78 is 0. The van der Waals surface area contributed by atoms with Crippen LogP contribution >= 0.6 is 11.6 Å². The van der Waals surface area contributed by atoms with E-state index in [0.29, 0.717) is 17.4 Å². The minimum absolute atomic E-state index is 0.520. The molecule has 0 radical (unpaired) electrons. The van der Waals surface area contributed by atoms with Gasteiger partial charge in [0.15, 0.2) is 0 Å². The molecular formula is C19H17ClN6. The summed E-state index contributed by atoms with van der Waals surface area (Å²) in [6.07, 6.45) is 0. The zero-order valence-electron chi connectivity index (χ0n) is 14.2. The number of nitrogens with zero attached hydrogens (tertiary/aromatic N) is 4. The third kappa shape index (κ3) is 3.05. The zero-order chi connectivity index (χ0) is 17.9. The van der Waals surface area contributed by atoms with Gasteiger partial charge in [-0.05, 0) is 35.5 Å². The van der Waals surface area contributed by atoms with Gasteiger partial charge in [0.05, 0.1) is 16.8 Å². The predicted molar refractivity (Wildman–Crippen MR) is 103 cm³/mol. The molecule has 0 aliphatic heterocycles. The Labute approximate surface area is 155 Å². The van der Waals surface area contributed by atoms with Crippen molar-refractivity contribution in [2.45, 2.75) is 13.5 Å². The summed E-state index contributed by atoms with van der Waals surface area (Å²) in [5.74, 6) is 0.520. The molecule has 0 fully saturated rings. The maximum atomic E-state index is 6.29. The van der Waals surface area contributed by atoms with Crippen molar-refractivity contribution in [3.8, 4) is 22.5 Å². The number of aromatic nitrogens is 5. The molecule has 0 atom stereocenters. The number of nitrogens with one attached hydrogen (secondary N) is 2. The van der Waals surface area contributed by atoms with Crippen LogP contribution in [0.25, 0.3) is 33.4 Å². The summed E-state index contributed by atoms with van der Waals surface area (Å²) in [4.78, 5) is 4.85. The van der Waals surface area contributed by atoms with E-state index in [-0.39, 0.29) is 0 Å². The van der Waals surface area contributed by atoms with Crippen molar-refractivity contribution in [1.29, 1.82) is 0 Å². The largest absolute Gasteiger partial charge is 0.311 e. The number of halogens is 1. The molecule has 0 bridgehead atoms. The number of benzene rings is 2. The second-order valence-electron chi connectivity index (χ2n) is 5.85. The molecule has 0 saturated carbocycles. The number of hydrogen-bond donors (Lipinski definition) is 2.